The van der Waals surface area contributed by atoms with Crippen molar-refractivity contribution in [3.8, 4) is 11.3 Å². The fourth-order valence-corrected chi connectivity index (χ4v) is 2.50. The van der Waals surface area contributed by atoms with E-state index in [1.807, 2.05) is 30.3 Å². The molecule has 1 heterocycles. The molecule has 0 spiro atoms. The van der Waals surface area contributed by atoms with Crippen molar-refractivity contribution in [2.75, 3.05) is 0 Å². The van der Waals surface area contributed by atoms with Crippen LogP contribution in [0.15, 0.2) is 72.0 Å². The lowest BCUT2D eigenvalue weighted by atomic mass is 10.2. The molecule has 0 saturated carbocycles. The van der Waals surface area contributed by atoms with Crippen molar-refractivity contribution in [2.45, 2.75) is 0 Å². The fraction of sp³-hybridized carbons (Fsp3) is 0. The van der Waals surface area contributed by atoms with Crippen LogP contribution in [0.3, 0.4) is 0 Å². The number of imidazole rings is 1. The van der Waals surface area contributed by atoms with E-state index >= 15 is 0 Å². The van der Waals surface area contributed by atoms with Crippen LogP contribution in [0, 0.1) is 14.9 Å². The molecule has 0 bridgehead atoms. The molecule has 0 radical (unpaired) electrons. The number of aromatic amines is 1. The normalized spacial score (nSPS) is 11.4. The molecular formula is C18H14N4O2S. The lowest BCUT2D eigenvalue weighted by molar-refractivity contribution is -0.385. The van der Waals surface area contributed by atoms with E-state index in [1.165, 1.54) is 12.3 Å². The minimum Gasteiger partial charge on any atom is -0.329 e. The first-order valence-electron chi connectivity index (χ1n) is 7.46. The van der Waals surface area contributed by atoms with Crippen LogP contribution in [-0.2, 0) is 0 Å². The number of benzene rings is 2. The minimum absolute atomic E-state index is 0.0526. The number of H-pyrrole nitrogens is 1. The number of nitro groups is 1. The highest BCUT2D eigenvalue weighted by atomic mass is 32.1. The zero-order chi connectivity index (χ0) is 17.6. The maximum absolute atomic E-state index is 11.0. The summed E-state index contributed by atoms with van der Waals surface area (Å²) >= 11 is 5.25. The van der Waals surface area contributed by atoms with Crippen LogP contribution in [-0.4, -0.2) is 20.8 Å². The maximum atomic E-state index is 11.0. The van der Waals surface area contributed by atoms with Crippen molar-refractivity contribution in [1.29, 1.82) is 0 Å². The predicted molar refractivity (Wildman–Crippen MR) is 101 cm³/mol. The summed E-state index contributed by atoms with van der Waals surface area (Å²) in [7, 11) is 0. The Morgan fingerprint density at radius 3 is 2.60 bits per heavy atom. The fourth-order valence-electron chi connectivity index (χ4n) is 2.29. The van der Waals surface area contributed by atoms with Gasteiger partial charge in [-0.3, -0.25) is 10.1 Å². The Bertz CT molecular complexity index is 1000. The third kappa shape index (κ3) is 3.96. The van der Waals surface area contributed by atoms with Gasteiger partial charge in [-0.25, -0.2) is 4.68 Å². The van der Waals surface area contributed by atoms with Crippen LogP contribution >= 0.6 is 12.2 Å². The second-order valence-corrected chi connectivity index (χ2v) is 5.51. The highest BCUT2D eigenvalue weighted by molar-refractivity contribution is 7.71. The van der Waals surface area contributed by atoms with Crippen molar-refractivity contribution >= 4 is 30.2 Å². The van der Waals surface area contributed by atoms with Gasteiger partial charge >= 0.3 is 0 Å². The van der Waals surface area contributed by atoms with Crippen LogP contribution in [0.1, 0.15) is 5.56 Å². The van der Waals surface area contributed by atoms with Crippen molar-refractivity contribution in [3.05, 3.63) is 87.3 Å². The van der Waals surface area contributed by atoms with E-state index in [2.05, 4.69) is 10.1 Å². The Hall–Kier alpha value is -3.32. The Kier molecular flexibility index (Phi) is 4.96. The van der Waals surface area contributed by atoms with Crippen molar-refractivity contribution < 1.29 is 4.92 Å². The molecule has 0 aliphatic heterocycles. The standard InChI is InChI=1S/C18H14N4O2S/c23-22(24)17-11-5-4-9-15(17)10-6-12-19-21-13-16(20-18(21)25)14-7-2-1-3-8-14/h1-13H,(H,20,25)/b10-6+,19-12-. The van der Waals surface area contributed by atoms with E-state index < -0.39 is 4.92 Å². The van der Waals surface area contributed by atoms with E-state index in [4.69, 9.17) is 12.2 Å². The molecule has 0 unspecified atom stereocenters. The highest BCUT2D eigenvalue weighted by Gasteiger charge is 2.08. The first kappa shape index (κ1) is 16.5. The molecule has 6 nitrogen and oxygen atoms in total. The minimum atomic E-state index is -0.412. The number of hydrogen-bond donors (Lipinski definition) is 1. The lowest BCUT2D eigenvalue weighted by Crippen LogP contribution is -1.90. The largest absolute Gasteiger partial charge is 0.329 e. The lowest BCUT2D eigenvalue weighted by Gasteiger charge is -1.95. The second kappa shape index (κ2) is 7.50. The average molecular weight is 350 g/mol. The van der Waals surface area contributed by atoms with Gasteiger partial charge in [0.05, 0.1) is 22.4 Å². The number of hydrogen-bond acceptors (Lipinski definition) is 4. The Morgan fingerprint density at radius 1 is 1.12 bits per heavy atom. The molecule has 0 saturated heterocycles. The van der Waals surface area contributed by atoms with Gasteiger partial charge in [0, 0.05) is 12.3 Å². The molecule has 124 valence electrons. The molecule has 0 aliphatic rings. The van der Waals surface area contributed by atoms with Gasteiger partial charge in [-0.1, -0.05) is 42.5 Å². The number of allylic oxidation sites excluding steroid dienone is 1. The molecule has 0 amide bonds. The van der Waals surface area contributed by atoms with Crippen LogP contribution in [0.5, 0.6) is 0 Å². The molecule has 7 heteroatoms. The van der Waals surface area contributed by atoms with Crippen LogP contribution in [0.4, 0.5) is 5.69 Å². The summed E-state index contributed by atoms with van der Waals surface area (Å²) in [6, 6.07) is 16.3. The third-order valence-electron chi connectivity index (χ3n) is 3.47. The van der Waals surface area contributed by atoms with Crippen LogP contribution < -0.4 is 0 Å². The summed E-state index contributed by atoms with van der Waals surface area (Å²) in [5.74, 6) is 0. The van der Waals surface area contributed by atoms with Gasteiger partial charge in [-0.05, 0) is 36.0 Å². The number of para-hydroxylation sites is 1. The van der Waals surface area contributed by atoms with Gasteiger partial charge in [0.1, 0.15) is 0 Å². The molecule has 3 aromatic rings. The second-order valence-electron chi connectivity index (χ2n) is 5.12. The molecule has 0 atom stereocenters. The monoisotopic (exact) mass is 350 g/mol. The summed E-state index contributed by atoms with van der Waals surface area (Å²) in [5.41, 5.74) is 2.45. The molecule has 25 heavy (non-hydrogen) atoms. The number of nitrogens with one attached hydrogen (secondary N) is 1. The van der Waals surface area contributed by atoms with E-state index in [0.29, 0.717) is 10.3 Å². The Labute approximate surface area is 148 Å². The van der Waals surface area contributed by atoms with Crippen LogP contribution in [0.2, 0.25) is 0 Å². The van der Waals surface area contributed by atoms with Crippen molar-refractivity contribution in [3.63, 3.8) is 0 Å². The molecule has 1 aromatic heterocycles. The topological polar surface area (TPSA) is 76.2 Å². The SMILES string of the molecule is O=[N+]([O-])c1ccccc1/C=C/C=N\n1cc(-c2ccccc2)[nH]c1=S. The molecule has 3 rings (SSSR count). The van der Waals surface area contributed by atoms with E-state index in [0.717, 1.165) is 11.3 Å². The van der Waals surface area contributed by atoms with E-state index in [-0.39, 0.29) is 5.69 Å². The number of nitro benzene ring substituents is 1. The van der Waals surface area contributed by atoms with Gasteiger partial charge < -0.3 is 4.98 Å². The Morgan fingerprint density at radius 2 is 1.84 bits per heavy atom. The van der Waals surface area contributed by atoms with Gasteiger partial charge in [-0.2, -0.15) is 5.10 Å². The first-order valence-corrected chi connectivity index (χ1v) is 7.87. The first-order chi connectivity index (χ1) is 12.1. The summed E-state index contributed by atoms with van der Waals surface area (Å²) in [6.45, 7) is 0. The highest BCUT2D eigenvalue weighted by Crippen LogP contribution is 2.19. The predicted octanol–water partition coefficient (Wildman–Crippen LogP) is 4.67. The molecule has 0 fully saturated rings. The molecule has 0 aliphatic carbocycles. The number of nitrogens with zero attached hydrogens (tertiary/aromatic N) is 3. The van der Waals surface area contributed by atoms with Crippen molar-refractivity contribution in [2.24, 2.45) is 5.10 Å². The maximum Gasteiger partial charge on any atom is 0.276 e. The van der Waals surface area contributed by atoms with Crippen molar-refractivity contribution in [1.82, 2.24) is 9.66 Å². The smallest absolute Gasteiger partial charge is 0.276 e. The number of rotatable bonds is 5. The number of aromatic nitrogens is 2. The zero-order valence-corrected chi connectivity index (χ0v) is 13.9. The molecule has 2 aromatic carbocycles. The molecule has 1 N–H and O–H groups in total. The summed E-state index contributed by atoms with van der Waals surface area (Å²) in [6.07, 6.45) is 6.61. The summed E-state index contributed by atoms with van der Waals surface area (Å²) < 4.78 is 2.01. The zero-order valence-electron chi connectivity index (χ0n) is 13.1. The van der Waals surface area contributed by atoms with Gasteiger partial charge in [-0.15, -0.1) is 0 Å². The summed E-state index contributed by atoms with van der Waals surface area (Å²) in [4.78, 5) is 13.7. The van der Waals surface area contributed by atoms with E-state index in [9.17, 15) is 10.1 Å². The Balaban J connectivity index is 1.79. The quantitative estimate of drug-likeness (QED) is 0.314. The van der Waals surface area contributed by atoms with E-state index in [1.54, 1.807) is 41.2 Å². The van der Waals surface area contributed by atoms with Gasteiger partial charge in [0.15, 0.2) is 4.77 Å². The third-order valence-corrected chi connectivity index (χ3v) is 3.76. The average Bonchev–Trinajstić information content (AvgIpc) is 3.00. The molecular weight excluding hydrogens is 336 g/mol. The summed E-state index contributed by atoms with van der Waals surface area (Å²) in [5, 5.41) is 15.2. The van der Waals surface area contributed by atoms with Gasteiger partial charge in [0.2, 0.25) is 0 Å². The van der Waals surface area contributed by atoms with Crippen LogP contribution in [0.25, 0.3) is 17.3 Å². The van der Waals surface area contributed by atoms with Gasteiger partial charge in [0.25, 0.3) is 5.69 Å².